The Hall–Kier alpha value is 1.71. The highest BCUT2D eigenvalue weighted by Crippen LogP contribution is 2.31. The summed E-state index contributed by atoms with van der Waals surface area (Å²) < 4.78 is 3.52. The summed E-state index contributed by atoms with van der Waals surface area (Å²) in [5.41, 5.74) is 0. The van der Waals surface area contributed by atoms with Gasteiger partial charge in [0.25, 0.3) is 0 Å². The van der Waals surface area contributed by atoms with Gasteiger partial charge in [-0.15, -0.1) is 50.5 Å². The van der Waals surface area contributed by atoms with E-state index < -0.39 is 8.53 Å². The molecule has 0 aromatic heterocycles. The number of rotatable bonds is 2. The summed E-state index contributed by atoms with van der Waals surface area (Å²) in [6, 6.07) is 0. The van der Waals surface area contributed by atoms with Crippen LogP contribution in [-0.2, 0) is 4.74 Å². The van der Waals surface area contributed by atoms with Gasteiger partial charge >= 0.3 is 0 Å². The molecule has 0 saturated carbocycles. The van der Waals surface area contributed by atoms with E-state index in [4.69, 9.17) is 4.74 Å². The van der Waals surface area contributed by atoms with E-state index >= 15 is 0 Å². The number of hydrogen-bond donors (Lipinski definition) is 4. The van der Waals surface area contributed by atoms with Crippen LogP contribution in [-0.4, -0.2) is 8.53 Å². The van der Waals surface area contributed by atoms with E-state index in [9.17, 15) is 0 Å². The molecule has 0 aliphatic heterocycles. The Morgan fingerprint density at radius 2 is 1.10 bits per heavy atom. The first-order chi connectivity index (χ1) is 3.71. The summed E-state index contributed by atoms with van der Waals surface area (Å²) in [7, 11) is 0. The van der Waals surface area contributed by atoms with Crippen molar-refractivity contribution in [1.29, 1.82) is 0 Å². The lowest BCUT2D eigenvalue weighted by Crippen LogP contribution is -2.24. The Morgan fingerprint density at radius 1 is 0.900 bits per heavy atom. The van der Waals surface area contributed by atoms with Crippen molar-refractivity contribution in [3.63, 3.8) is 0 Å². The third kappa shape index (κ3) is 12.4. The van der Waals surface area contributed by atoms with Crippen molar-refractivity contribution in [3.05, 3.63) is 0 Å². The molecule has 0 bridgehead atoms. The maximum Gasteiger partial charge on any atom is 0.154 e. The van der Waals surface area contributed by atoms with Crippen LogP contribution in [0.2, 0.25) is 0 Å². The zero-order valence-electron chi connectivity index (χ0n) is 5.70. The summed E-state index contributed by atoms with van der Waals surface area (Å²) in [6.07, 6.45) is 0. The predicted octanol–water partition coefficient (Wildman–Crippen LogP) is 2.18. The largest absolute Gasteiger partial charge is 0.330 e. The minimum atomic E-state index is -0.780. The second kappa shape index (κ2) is 4.67. The van der Waals surface area contributed by atoms with Crippen molar-refractivity contribution in [2.24, 2.45) is 0 Å². The summed E-state index contributed by atoms with van der Waals surface area (Å²) in [5, 5.41) is 0. The van der Waals surface area contributed by atoms with Crippen LogP contribution in [0.4, 0.5) is 0 Å². The molecule has 0 saturated heterocycles. The van der Waals surface area contributed by atoms with E-state index in [0.29, 0.717) is 0 Å². The standard InChI is InChI=1S/C4H10OS4.H2S/c1-3(6,7)5-4(2,8)9;/h6-9H,1-2H3;1H2. The van der Waals surface area contributed by atoms with Crippen molar-refractivity contribution in [2.75, 3.05) is 0 Å². The molecule has 10 heavy (non-hydrogen) atoms. The van der Waals surface area contributed by atoms with Crippen LogP contribution in [0.15, 0.2) is 0 Å². The molecule has 0 aromatic carbocycles. The van der Waals surface area contributed by atoms with Crippen LogP contribution in [0.3, 0.4) is 0 Å². The zero-order chi connectivity index (χ0) is 7.71. The Morgan fingerprint density at radius 3 is 1.10 bits per heavy atom. The van der Waals surface area contributed by atoms with Crippen LogP contribution in [0.1, 0.15) is 13.8 Å². The number of hydrogen-bond acceptors (Lipinski definition) is 5. The molecule has 0 heterocycles. The molecule has 0 rings (SSSR count). The molecule has 64 valence electrons. The van der Waals surface area contributed by atoms with E-state index in [1.54, 1.807) is 13.8 Å². The minimum Gasteiger partial charge on any atom is -0.330 e. The van der Waals surface area contributed by atoms with Gasteiger partial charge in [0.1, 0.15) is 0 Å². The van der Waals surface area contributed by atoms with Gasteiger partial charge in [-0.1, -0.05) is 0 Å². The molecular weight excluding hydrogens is 224 g/mol. The number of ether oxygens (including phenoxy) is 1. The van der Waals surface area contributed by atoms with E-state index in [2.05, 4.69) is 50.5 Å². The molecule has 0 spiro atoms. The van der Waals surface area contributed by atoms with Crippen LogP contribution in [0, 0.1) is 0 Å². The van der Waals surface area contributed by atoms with E-state index in [0.717, 1.165) is 0 Å². The molecule has 0 N–H and O–H groups in total. The molecule has 0 unspecified atom stereocenters. The first kappa shape index (κ1) is 14.2. The normalized spacial score (nSPS) is 12.6. The van der Waals surface area contributed by atoms with Gasteiger partial charge in [0.2, 0.25) is 0 Å². The van der Waals surface area contributed by atoms with Gasteiger partial charge in [-0.3, -0.25) is 0 Å². The summed E-state index contributed by atoms with van der Waals surface area (Å²) in [4.78, 5) is 0. The molecule has 0 atom stereocenters. The summed E-state index contributed by atoms with van der Waals surface area (Å²) in [5.74, 6) is 0. The second-order valence-corrected chi connectivity index (χ2v) is 6.09. The van der Waals surface area contributed by atoms with Crippen LogP contribution >= 0.6 is 64.0 Å². The molecule has 0 aliphatic carbocycles. The first-order valence-electron chi connectivity index (χ1n) is 2.30. The maximum atomic E-state index is 5.08. The van der Waals surface area contributed by atoms with Gasteiger partial charge in [-0.2, -0.15) is 13.5 Å². The summed E-state index contributed by atoms with van der Waals surface area (Å²) >= 11 is 16.0. The van der Waals surface area contributed by atoms with Crippen molar-refractivity contribution < 1.29 is 4.74 Å². The highest BCUT2D eigenvalue weighted by Gasteiger charge is 2.23. The third-order valence-electron chi connectivity index (χ3n) is 0.387. The zero-order valence-corrected chi connectivity index (χ0v) is 10.3. The fourth-order valence-corrected chi connectivity index (χ4v) is 1.38. The van der Waals surface area contributed by atoms with Gasteiger partial charge < -0.3 is 4.74 Å². The lowest BCUT2D eigenvalue weighted by Gasteiger charge is -2.26. The summed E-state index contributed by atoms with van der Waals surface area (Å²) in [6.45, 7) is 3.40. The molecule has 0 aromatic rings. The predicted molar refractivity (Wildman–Crippen MR) is 64.2 cm³/mol. The van der Waals surface area contributed by atoms with Crippen molar-refractivity contribution in [2.45, 2.75) is 22.4 Å². The minimum absolute atomic E-state index is 0. The van der Waals surface area contributed by atoms with Gasteiger partial charge in [-0.05, 0) is 13.8 Å². The molecule has 1 nitrogen and oxygen atoms in total. The fourth-order valence-electron chi connectivity index (χ4n) is 0.366. The van der Waals surface area contributed by atoms with E-state index in [-0.39, 0.29) is 13.5 Å². The molecular formula is C4H12OS5. The lowest BCUT2D eigenvalue weighted by atomic mass is 10.7. The maximum absolute atomic E-state index is 5.08. The van der Waals surface area contributed by atoms with E-state index in [1.807, 2.05) is 0 Å². The fraction of sp³-hybridized carbons (Fsp3) is 1.00. The Balaban J connectivity index is 0. The highest BCUT2D eigenvalue weighted by molar-refractivity contribution is 8.01. The van der Waals surface area contributed by atoms with Gasteiger partial charge in [-0.25, -0.2) is 0 Å². The quantitative estimate of drug-likeness (QED) is 0.425. The van der Waals surface area contributed by atoms with Crippen LogP contribution < -0.4 is 0 Å². The monoisotopic (exact) mass is 236 g/mol. The Kier molecular flexibility index (Phi) is 6.65. The van der Waals surface area contributed by atoms with Crippen molar-refractivity contribution >= 4 is 64.0 Å². The molecule has 0 radical (unpaired) electrons. The Labute approximate surface area is 90.8 Å². The highest BCUT2D eigenvalue weighted by atomic mass is 32.2. The topological polar surface area (TPSA) is 9.23 Å². The van der Waals surface area contributed by atoms with Gasteiger partial charge in [0, 0.05) is 0 Å². The first-order valence-corrected chi connectivity index (χ1v) is 4.09. The smallest absolute Gasteiger partial charge is 0.154 e. The van der Waals surface area contributed by atoms with E-state index in [1.165, 1.54) is 0 Å². The van der Waals surface area contributed by atoms with Crippen LogP contribution in [0.25, 0.3) is 0 Å². The molecule has 0 fully saturated rings. The average molecular weight is 236 g/mol. The number of thiol groups is 4. The Bertz CT molecular complexity index is 78.8. The van der Waals surface area contributed by atoms with Crippen molar-refractivity contribution in [3.8, 4) is 0 Å². The molecule has 0 aliphatic rings. The third-order valence-corrected chi connectivity index (χ3v) is 0.752. The SMILES string of the molecule is CC(S)(S)OC(C)(S)S.S. The second-order valence-electron chi connectivity index (χ2n) is 1.97. The molecule has 0 amide bonds. The lowest BCUT2D eigenvalue weighted by molar-refractivity contribution is 0.0753. The molecule has 6 heteroatoms. The van der Waals surface area contributed by atoms with Crippen molar-refractivity contribution in [1.82, 2.24) is 0 Å². The van der Waals surface area contributed by atoms with Gasteiger partial charge in [0.05, 0.1) is 0 Å². The average Bonchev–Trinajstić information content (AvgIpc) is 1.14. The van der Waals surface area contributed by atoms with Crippen LogP contribution in [0.5, 0.6) is 0 Å². The van der Waals surface area contributed by atoms with Gasteiger partial charge in [0.15, 0.2) is 8.53 Å².